The Balaban J connectivity index is 0.000000224. The fraction of sp³-hybridized carbons (Fsp3) is 0.533. The third kappa shape index (κ3) is 6.16. The fourth-order valence-corrected chi connectivity index (χ4v) is 4.15. The van der Waals surface area contributed by atoms with Crippen LogP contribution in [0.4, 0.5) is 0 Å². The third-order valence-corrected chi connectivity index (χ3v) is 6.34. The van der Waals surface area contributed by atoms with Gasteiger partial charge in [0.2, 0.25) is 0 Å². The summed E-state index contributed by atoms with van der Waals surface area (Å²) in [5, 5.41) is 8.46. The van der Waals surface area contributed by atoms with E-state index < -0.39 is 19.7 Å². The van der Waals surface area contributed by atoms with Crippen LogP contribution in [0.2, 0.25) is 0 Å². The predicted molar refractivity (Wildman–Crippen MR) is 86.0 cm³/mol. The molecule has 0 heterocycles. The van der Waals surface area contributed by atoms with Gasteiger partial charge in [0.25, 0.3) is 0 Å². The summed E-state index contributed by atoms with van der Waals surface area (Å²) in [6.07, 6.45) is 7.64. The number of hydrogen-bond donors (Lipinski definition) is 0. The molecule has 0 aromatic heterocycles. The summed E-state index contributed by atoms with van der Waals surface area (Å²) in [5.41, 5.74) is 0.359. The van der Waals surface area contributed by atoms with E-state index in [1.54, 1.807) is 12.1 Å². The summed E-state index contributed by atoms with van der Waals surface area (Å²) in [6, 6.07) is 7.81. The van der Waals surface area contributed by atoms with Crippen molar-refractivity contribution in [2.45, 2.75) is 42.2 Å². The minimum atomic E-state index is -3.19. The number of nitriles is 1. The summed E-state index contributed by atoms with van der Waals surface area (Å²) in [6.45, 7) is 0. The zero-order chi connectivity index (χ0) is 16.8. The normalized spacial score (nSPS) is 16.2. The molecular weight excluding hydrogens is 322 g/mol. The molecule has 0 unspecified atom stereocenters. The fourth-order valence-electron chi connectivity index (χ4n) is 2.29. The standard InChI is InChI=1S/C8H7NO2S.C7H14O2S/c1-12(10,11)8-4-2-3-7(5-8)6-9;1-10(8,9)7-5-3-2-4-6-7/h2-5H,1H3;7H,2-6H2,1H3. The van der Waals surface area contributed by atoms with Gasteiger partial charge < -0.3 is 0 Å². The molecule has 0 spiro atoms. The lowest BCUT2D eigenvalue weighted by atomic mass is 10.0. The first-order chi connectivity index (χ1) is 10.1. The molecule has 5 nitrogen and oxygen atoms in total. The molecule has 1 aromatic rings. The first-order valence-electron chi connectivity index (χ1n) is 7.03. The van der Waals surface area contributed by atoms with Crippen molar-refractivity contribution < 1.29 is 16.8 Å². The van der Waals surface area contributed by atoms with Gasteiger partial charge in [-0.3, -0.25) is 0 Å². The second-order valence-corrected chi connectivity index (χ2v) is 9.84. The van der Waals surface area contributed by atoms with Crippen LogP contribution in [0.15, 0.2) is 29.2 Å². The number of benzene rings is 1. The Morgan fingerprint density at radius 2 is 1.64 bits per heavy atom. The van der Waals surface area contributed by atoms with E-state index in [-0.39, 0.29) is 10.1 Å². The molecule has 122 valence electrons. The molecule has 0 aliphatic heterocycles. The second kappa shape index (κ2) is 7.75. The third-order valence-electron chi connectivity index (χ3n) is 3.55. The molecule has 1 fully saturated rings. The summed E-state index contributed by atoms with van der Waals surface area (Å²) < 4.78 is 44.0. The highest BCUT2D eigenvalue weighted by Gasteiger charge is 2.22. The zero-order valence-corrected chi connectivity index (χ0v) is 14.5. The maximum Gasteiger partial charge on any atom is 0.175 e. The van der Waals surface area contributed by atoms with Crippen LogP contribution >= 0.6 is 0 Å². The number of rotatable bonds is 2. The highest BCUT2D eigenvalue weighted by Crippen LogP contribution is 2.22. The van der Waals surface area contributed by atoms with Gasteiger partial charge in [-0.15, -0.1) is 0 Å². The summed E-state index contributed by atoms with van der Waals surface area (Å²) in [5.74, 6) is 0. The lowest BCUT2D eigenvalue weighted by Gasteiger charge is -2.19. The topological polar surface area (TPSA) is 92.1 Å². The molecule has 22 heavy (non-hydrogen) atoms. The van der Waals surface area contributed by atoms with Gasteiger partial charge in [-0.25, -0.2) is 16.8 Å². The van der Waals surface area contributed by atoms with Crippen molar-refractivity contribution >= 4 is 19.7 Å². The highest BCUT2D eigenvalue weighted by molar-refractivity contribution is 7.91. The van der Waals surface area contributed by atoms with Crippen molar-refractivity contribution in [2.24, 2.45) is 0 Å². The van der Waals surface area contributed by atoms with Crippen molar-refractivity contribution in [2.75, 3.05) is 12.5 Å². The van der Waals surface area contributed by atoms with Crippen LogP contribution in [0.3, 0.4) is 0 Å². The Bertz CT molecular complexity index is 740. The number of nitrogens with zero attached hydrogens (tertiary/aromatic N) is 1. The van der Waals surface area contributed by atoms with Gasteiger partial charge in [-0.1, -0.05) is 25.3 Å². The Morgan fingerprint density at radius 1 is 1.05 bits per heavy atom. The molecule has 1 aromatic carbocycles. The van der Waals surface area contributed by atoms with Gasteiger partial charge in [-0.05, 0) is 31.0 Å². The summed E-state index contributed by atoms with van der Waals surface area (Å²) in [4.78, 5) is 0.182. The Hall–Kier alpha value is -1.39. The molecule has 0 N–H and O–H groups in total. The molecule has 1 aliphatic carbocycles. The second-order valence-electron chi connectivity index (χ2n) is 5.50. The van der Waals surface area contributed by atoms with Crippen LogP contribution in [0, 0.1) is 11.3 Å². The van der Waals surface area contributed by atoms with Crippen molar-refractivity contribution in [3.05, 3.63) is 29.8 Å². The average Bonchev–Trinajstić information content (AvgIpc) is 2.47. The molecule has 0 saturated heterocycles. The molecular formula is C15H21NO4S2. The Morgan fingerprint density at radius 3 is 2.05 bits per heavy atom. The van der Waals surface area contributed by atoms with Crippen LogP contribution in [0.1, 0.15) is 37.7 Å². The smallest absolute Gasteiger partial charge is 0.175 e. The van der Waals surface area contributed by atoms with Crippen LogP contribution in [-0.2, 0) is 19.7 Å². The van der Waals surface area contributed by atoms with E-state index in [4.69, 9.17) is 5.26 Å². The van der Waals surface area contributed by atoms with Gasteiger partial charge >= 0.3 is 0 Å². The maximum absolute atomic E-state index is 11.0. The van der Waals surface area contributed by atoms with Gasteiger partial charge in [0.15, 0.2) is 9.84 Å². The average molecular weight is 343 g/mol. The van der Waals surface area contributed by atoms with E-state index in [1.165, 1.54) is 24.8 Å². The largest absolute Gasteiger partial charge is 0.229 e. The van der Waals surface area contributed by atoms with Crippen molar-refractivity contribution in [3.63, 3.8) is 0 Å². The van der Waals surface area contributed by atoms with E-state index in [0.717, 1.165) is 31.9 Å². The van der Waals surface area contributed by atoms with Gasteiger partial charge in [0.05, 0.1) is 21.8 Å². The lowest BCUT2D eigenvalue weighted by Crippen LogP contribution is -2.22. The van der Waals surface area contributed by atoms with E-state index in [9.17, 15) is 16.8 Å². The highest BCUT2D eigenvalue weighted by atomic mass is 32.2. The molecule has 2 rings (SSSR count). The molecule has 0 atom stereocenters. The van der Waals surface area contributed by atoms with Crippen molar-refractivity contribution in [1.82, 2.24) is 0 Å². The Labute approximate surface area is 132 Å². The quantitative estimate of drug-likeness (QED) is 0.821. The molecule has 1 aliphatic rings. The summed E-state index contributed by atoms with van der Waals surface area (Å²) in [7, 11) is -5.91. The van der Waals surface area contributed by atoms with Gasteiger partial charge in [0, 0.05) is 12.5 Å². The van der Waals surface area contributed by atoms with E-state index >= 15 is 0 Å². The van der Waals surface area contributed by atoms with E-state index in [0.29, 0.717) is 5.56 Å². The molecule has 0 radical (unpaired) electrons. The summed E-state index contributed by atoms with van der Waals surface area (Å²) >= 11 is 0. The van der Waals surface area contributed by atoms with Crippen LogP contribution in [-0.4, -0.2) is 34.6 Å². The van der Waals surface area contributed by atoms with E-state index in [2.05, 4.69) is 0 Å². The van der Waals surface area contributed by atoms with Crippen LogP contribution < -0.4 is 0 Å². The number of hydrogen-bond acceptors (Lipinski definition) is 5. The predicted octanol–water partition coefficient (Wildman–Crippen LogP) is 2.33. The van der Waals surface area contributed by atoms with Crippen molar-refractivity contribution in [3.8, 4) is 6.07 Å². The SMILES string of the molecule is CS(=O)(=O)C1CCCCC1.CS(=O)(=O)c1cccc(C#N)c1. The monoisotopic (exact) mass is 343 g/mol. The molecule has 0 amide bonds. The number of sulfone groups is 2. The first-order valence-corrected chi connectivity index (χ1v) is 10.9. The molecule has 0 bridgehead atoms. The van der Waals surface area contributed by atoms with E-state index in [1.807, 2.05) is 6.07 Å². The Kier molecular flexibility index (Phi) is 6.57. The van der Waals surface area contributed by atoms with Gasteiger partial charge in [-0.2, -0.15) is 5.26 Å². The first kappa shape index (κ1) is 18.7. The minimum absolute atomic E-state index is 0.0266. The lowest BCUT2D eigenvalue weighted by molar-refractivity contribution is 0.486. The van der Waals surface area contributed by atoms with Gasteiger partial charge in [0.1, 0.15) is 9.84 Å². The van der Waals surface area contributed by atoms with Crippen LogP contribution in [0.25, 0.3) is 0 Å². The van der Waals surface area contributed by atoms with Crippen molar-refractivity contribution in [1.29, 1.82) is 5.26 Å². The van der Waals surface area contributed by atoms with Crippen LogP contribution in [0.5, 0.6) is 0 Å². The maximum atomic E-state index is 11.0. The minimum Gasteiger partial charge on any atom is -0.229 e. The molecule has 7 heteroatoms. The zero-order valence-electron chi connectivity index (χ0n) is 12.8. The molecule has 1 saturated carbocycles.